The van der Waals surface area contributed by atoms with Crippen molar-refractivity contribution in [1.29, 1.82) is 0 Å². The van der Waals surface area contributed by atoms with Gasteiger partial charge < -0.3 is 0 Å². The standard InChI is InChI=1S/C18H26Br2/c1-2-3-4-14-5-9-16(10-6-14)18(20)13-15-7-11-17(19)12-8-15/h7-8,11-12,14,16,18H,2-6,9-10,13H2,1H3. The van der Waals surface area contributed by atoms with Crippen LogP contribution in [0.4, 0.5) is 0 Å². The van der Waals surface area contributed by atoms with Crippen LogP contribution in [0, 0.1) is 11.8 Å². The SMILES string of the molecule is CCCCC1CCC(C(Br)Cc2ccc(Br)cc2)CC1. The van der Waals surface area contributed by atoms with E-state index in [-0.39, 0.29) is 0 Å². The highest BCUT2D eigenvalue weighted by Gasteiger charge is 2.25. The zero-order valence-electron chi connectivity index (χ0n) is 12.5. The van der Waals surface area contributed by atoms with E-state index in [9.17, 15) is 0 Å². The van der Waals surface area contributed by atoms with Crippen LogP contribution in [0.15, 0.2) is 28.7 Å². The molecule has 2 rings (SSSR count). The molecule has 0 bridgehead atoms. The summed E-state index contributed by atoms with van der Waals surface area (Å²) in [6, 6.07) is 8.78. The fourth-order valence-electron chi connectivity index (χ4n) is 3.34. The maximum Gasteiger partial charge on any atom is 0.0214 e. The molecule has 0 N–H and O–H groups in total. The van der Waals surface area contributed by atoms with Crippen LogP contribution < -0.4 is 0 Å². The summed E-state index contributed by atoms with van der Waals surface area (Å²) in [5.74, 6) is 1.88. The maximum absolute atomic E-state index is 3.96. The number of halogens is 2. The van der Waals surface area contributed by atoms with E-state index in [1.54, 1.807) is 0 Å². The summed E-state index contributed by atoms with van der Waals surface area (Å²) in [6.45, 7) is 2.30. The lowest BCUT2D eigenvalue weighted by atomic mass is 9.78. The van der Waals surface area contributed by atoms with E-state index in [2.05, 4.69) is 63.0 Å². The molecule has 1 aliphatic carbocycles. The topological polar surface area (TPSA) is 0 Å². The van der Waals surface area contributed by atoms with E-state index in [4.69, 9.17) is 0 Å². The van der Waals surface area contributed by atoms with Gasteiger partial charge in [-0.25, -0.2) is 0 Å². The van der Waals surface area contributed by atoms with Crippen LogP contribution in [0.3, 0.4) is 0 Å². The van der Waals surface area contributed by atoms with Gasteiger partial charge >= 0.3 is 0 Å². The molecule has 20 heavy (non-hydrogen) atoms. The normalized spacial score (nSPS) is 24.6. The maximum atomic E-state index is 3.96. The fourth-order valence-corrected chi connectivity index (χ4v) is 4.51. The van der Waals surface area contributed by atoms with Crippen LogP contribution in [0.5, 0.6) is 0 Å². The molecular weight excluding hydrogens is 376 g/mol. The molecule has 1 aromatic carbocycles. The highest BCUT2D eigenvalue weighted by atomic mass is 79.9. The average Bonchev–Trinajstić information content (AvgIpc) is 2.48. The van der Waals surface area contributed by atoms with Gasteiger partial charge in [-0.1, -0.05) is 83.0 Å². The molecule has 0 amide bonds. The number of hydrogen-bond donors (Lipinski definition) is 0. The fraction of sp³-hybridized carbons (Fsp3) is 0.667. The summed E-state index contributed by atoms with van der Waals surface area (Å²) in [6.07, 6.45) is 11.1. The summed E-state index contributed by atoms with van der Waals surface area (Å²) < 4.78 is 1.17. The molecule has 0 radical (unpaired) electrons. The van der Waals surface area contributed by atoms with Crippen molar-refractivity contribution in [2.75, 3.05) is 0 Å². The van der Waals surface area contributed by atoms with Crippen LogP contribution in [0.25, 0.3) is 0 Å². The Balaban J connectivity index is 1.76. The minimum absolute atomic E-state index is 0.649. The number of hydrogen-bond acceptors (Lipinski definition) is 0. The molecule has 1 aliphatic rings. The Morgan fingerprint density at radius 3 is 2.35 bits per heavy atom. The molecule has 1 saturated carbocycles. The number of unbranched alkanes of at least 4 members (excludes halogenated alkanes) is 1. The third-order valence-corrected chi connectivity index (χ3v) is 6.31. The Morgan fingerprint density at radius 1 is 1.10 bits per heavy atom. The molecule has 0 heterocycles. The van der Waals surface area contributed by atoms with Gasteiger partial charge in [-0.15, -0.1) is 0 Å². The molecule has 0 aromatic heterocycles. The van der Waals surface area contributed by atoms with Gasteiger partial charge in [0.1, 0.15) is 0 Å². The van der Waals surface area contributed by atoms with Gasteiger partial charge in [-0.2, -0.15) is 0 Å². The van der Waals surface area contributed by atoms with Crippen LogP contribution in [0.2, 0.25) is 0 Å². The van der Waals surface area contributed by atoms with Gasteiger partial charge in [-0.05, 0) is 48.8 Å². The van der Waals surface area contributed by atoms with Gasteiger partial charge in [0.25, 0.3) is 0 Å². The zero-order valence-corrected chi connectivity index (χ0v) is 15.6. The van der Waals surface area contributed by atoms with Crippen molar-refractivity contribution in [1.82, 2.24) is 0 Å². The Labute approximate surface area is 141 Å². The van der Waals surface area contributed by atoms with E-state index in [0.29, 0.717) is 4.83 Å². The first-order valence-electron chi connectivity index (χ1n) is 8.07. The second-order valence-electron chi connectivity index (χ2n) is 6.27. The molecule has 0 aliphatic heterocycles. The summed E-state index contributed by atoms with van der Waals surface area (Å²) in [4.78, 5) is 0.649. The minimum atomic E-state index is 0.649. The van der Waals surface area contributed by atoms with Gasteiger partial charge in [0.2, 0.25) is 0 Å². The molecule has 2 heteroatoms. The van der Waals surface area contributed by atoms with Gasteiger partial charge in [0.05, 0.1) is 0 Å². The van der Waals surface area contributed by atoms with Crippen molar-refractivity contribution in [3.63, 3.8) is 0 Å². The van der Waals surface area contributed by atoms with Crippen LogP contribution in [-0.2, 0) is 6.42 Å². The highest BCUT2D eigenvalue weighted by molar-refractivity contribution is 9.10. The number of benzene rings is 1. The Hall–Kier alpha value is 0.180. The molecular formula is C18H26Br2. The monoisotopic (exact) mass is 400 g/mol. The molecule has 1 atom stereocenters. The van der Waals surface area contributed by atoms with Gasteiger partial charge in [0.15, 0.2) is 0 Å². The molecule has 112 valence electrons. The Kier molecular flexibility index (Phi) is 7.10. The first kappa shape index (κ1) is 16.5. The van der Waals surface area contributed by atoms with Crippen molar-refractivity contribution in [2.24, 2.45) is 11.8 Å². The summed E-state index contributed by atoms with van der Waals surface area (Å²) >= 11 is 7.46. The summed E-state index contributed by atoms with van der Waals surface area (Å²) in [5, 5.41) is 0. The third-order valence-electron chi connectivity index (χ3n) is 4.71. The third kappa shape index (κ3) is 5.18. The molecule has 0 spiro atoms. The van der Waals surface area contributed by atoms with Crippen LogP contribution >= 0.6 is 31.9 Å². The van der Waals surface area contributed by atoms with E-state index in [0.717, 1.165) is 18.3 Å². The molecule has 0 nitrogen and oxygen atoms in total. The lowest BCUT2D eigenvalue weighted by molar-refractivity contribution is 0.256. The van der Waals surface area contributed by atoms with Crippen molar-refractivity contribution in [3.05, 3.63) is 34.3 Å². The molecule has 1 unspecified atom stereocenters. The molecule has 0 saturated heterocycles. The van der Waals surface area contributed by atoms with Crippen LogP contribution in [0.1, 0.15) is 57.4 Å². The van der Waals surface area contributed by atoms with E-state index in [1.807, 2.05) is 0 Å². The predicted octanol–water partition coefficient (Wildman–Crippen LogP) is 6.75. The number of alkyl halides is 1. The lowest BCUT2D eigenvalue weighted by Gasteiger charge is -2.31. The second-order valence-corrected chi connectivity index (χ2v) is 8.36. The highest BCUT2D eigenvalue weighted by Crippen LogP contribution is 2.36. The minimum Gasteiger partial charge on any atom is -0.0884 e. The Morgan fingerprint density at radius 2 is 1.75 bits per heavy atom. The molecule has 1 aromatic rings. The van der Waals surface area contributed by atoms with Crippen molar-refractivity contribution in [3.8, 4) is 0 Å². The van der Waals surface area contributed by atoms with Crippen molar-refractivity contribution < 1.29 is 0 Å². The average molecular weight is 402 g/mol. The first-order valence-corrected chi connectivity index (χ1v) is 9.78. The van der Waals surface area contributed by atoms with Crippen molar-refractivity contribution in [2.45, 2.75) is 63.1 Å². The van der Waals surface area contributed by atoms with Crippen LogP contribution in [-0.4, -0.2) is 4.83 Å². The van der Waals surface area contributed by atoms with E-state index >= 15 is 0 Å². The second kappa shape index (κ2) is 8.58. The largest absolute Gasteiger partial charge is 0.0884 e. The Bertz CT molecular complexity index is 377. The lowest BCUT2D eigenvalue weighted by Crippen LogP contribution is -2.23. The summed E-state index contributed by atoms with van der Waals surface area (Å²) in [5.41, 5.74) is 1.45. The molecule has 1 fully saturated rings. The first-order chi connectivity index (χ1) is 9.69. The summed E-state index contributed by atoms with van der Waals surface area (Å²) in [7, 11) is 0. The number of rotatable bonds is 6. The van der Waals surface area contributed by atoms with Crippen molar-refractivity contribution >= 4 is 31.9 Å². The van der Waals surface area contributed by atoms with Gasteiger partial charge in [0, 0.05) is 9.30 Å². The van der Waals surface area contributed by atoms with Gasteiger partial charge in [-0.3, -0.25) is 0 Å². The van der Waals surface area contributed by atoms with E-state index < -0.39 is 0 Å². The van der Waals surface area contributed by atoms with E-state index in [1.165, 1.54) is 55.0 Å². The predicted molar refractivity (Wildman–Crippen MR) is 95.5 cm³/mol. The zero-order chi connectivity index (χ0) is 14.4. The quantitative estimate of drug-likeness (QED) is 0.462. The smallest absolute Gasteiger partial charge is 0.0214 e.